The fourth-order valence-electron chi connectivity index (χ4n) is 2.50. The molecule has 0 atom stereocenters. The molecule has 2 aromatic carbocycles. The summed E-state index contributed by atoms with van der Waals surface area (Å²) in [4.78, 5) is 16.7. The lowest BCUT2D eigenvalue weighted by Crippen LogP contribution is -2.19. The van der Waals surface area contributed by atoms with Gasteiger partial charge in [0.2, 0.25) is 0 Å². The molecule has 1 fully saturated rings. The van der Waals surface area contributed by atoms with E-state index in [1.807, 2.05) is 18.2 Å². The van der Waals surface area contributed by atoms with Gasteiger partial charge in [-0.1, -0.05) is 35.9 Å². The quantitative estimate of drug-likeness (QED) is 0.581. The minimum Gasteiger partial charge on any atom is -0.457 e. The third kappa shape index (κ3) is 3.82. The summed E-state index contributed by atoms with van der Waals surface area (Å²) in [7, 11) is 0. The molecule has 0 bridgehead atoms. The predicted octanol–water partition coefficient (Wildman–Crippen LogP) is 5.63. The predicted molar refractivity (Wildman–Crippen MR) is 106 cm³/mol. The molecule has 4 rings (SSSR count). The van der Waals surface area contributed by atoms with E-state index in [4.69, 9.17) is 16.0 Å². The van der Waals surface area contributed by atoms with Crippen LogP contribution in [-0.4, -0.2) is 11.1 Å². The SMILES string of the molecule is O=C1NC(=Nc2ccccc2F)S/C1=C/c1ccc(-c2ccccc2Cl)o1. The van der Waals surface area contributed by atoms with Crippen LogP contribution in [0.5, 0.6) is 0 Å². The molecule has 134 valence electrons. The molecule has 0 saturated carbocycles. The number of rotatable bonds is 3. The fraction of sp³-hybridized carbons (Fsp3) is 0. The number of carbonyl (C=O) groups is 1. The highest BCUT2D eigenvalue weighted by Crippen LogP contribution is 2.32. The van der Waals surface area contributed by atoms with Crippen LogP contribution in [0.25, 0.3) is 17.4 Å². The number of hydrogen-bond donors (Lipinski definition) is 1. The van der Waals surface area contributed by atoms with Crippen molar-refractivity contribution < 1.29 is 13.6 Å². The summed E-state index contributed by atoms with van der Waals surface area (Å²) in [5.41, 5.74) is 0.940. The second-order valence-electron chi connectivity index (χ2n) is 5.62. The molecule has 0 unspecified atom stereocenters. The highest BCUT2D eigenvalue weighted by atomic mass is 35.5. The Hall–Kier alpha value is -2.83. The first-order chi connectivity index (χ1) is 13.1. The number of nitrogens with one attached hydrogen (secondary N) is 1. The van der Waals surface area contributed by atoms with E-state index in [1.54, 1.807) is 42.5 Å². The lowest BCUT2D eigenvalue weighted by Gasteiger charge is -1.99. The van der Waals surface area contributed by atoms with Crippen molar-refractivity contribution in [1.82, 2.24) is 5.32 Å². The van der Waals surface area contributed by atoms with Gasteiger partial charge in [0.15, 0.2) is 5.17 Å². The summed E-state index contributed by atoms with van der Waals surface area (Å²) < 4.78 is 19.5. The van der Waals surface area contributed by atoms with Gasteiger partial charge in [-0.3, -0.25) is 4.79 Å². The van der Waals surface area contributed by atoms with E-state index in [-0.39, 0.29) is 11.6 Å². The summed E-state index contributed by atoms with van der Waals surface area (Å²) in [6.07, 6.45) is 1.62. The maximum Gasteiger partial charge on any atom is 0.264 e. The monoisotopic (exact) mass is 398 g/mol. The molecule has 1 N–H and O–H groups in total. The lowest BCUT2D eigenvalue weighted by molar-refractivity contribution is -0.115. The number of thioether (sulfide) groups is 1. The van der Waals surface area contributed by atoms with Crippen LogP contribution in [0.3, 0.4) is 0 Å². The summed E-state index contributed by atoms with van der Waals surface area (Å²) in [6.45, 7) is 0. The van der Waals surface area contributed by atoms with E-state index >= 15 is 0 Å². The molecule has 4 nitrogen and oxygen atoms in total. The zero-order chi connectivity index (χ0) is 18.8. The average Bonchev–Trinajstić information content (AvgIpc) is 3.25. The Kier molecular flexibility index (Phi) is 4.83. The highest BCUT2D eigenvalue weighted by Gasteiger charge is 2.24. The number of aliphatic imine (C=N–C) groups is 1. The van der Waals surface area contributed by atoms with Crippen LogP contribution >= 0.6 is 23.4 Å². The number of nitrogens with zero attached hydrogens (tertiary/aromatic N) is 1. The first-order valence-electron chi connectivity index (χ1n) is 7.99. The zero-order valence-corrected chi connectivity index (χ0v) is 15.4. The van der Waals surface area contributed by atoms with Crippen LogP contribution < -0.4 is 5.32 Å². The van der Waals surface area contributed by atoms with Crippen LogP contribution in [0.4, 0.5) is 10.1 Å². The first-order valence-corrected chi connectivity index (χ1v) is 9.18. The second-order valence-corrected chi connectivity index (χ2v) is 7.05. The number of carbonyl (C=O) groups excluding carboxylic acids is 1. The van der Waals surface area contributed by atoms with Gasteiger partial charge in [-0.25, -0.2) is 9.38 Å². The molecule has 1 amide bonds. The van der Waals surface area contributed by atoms with Gasteiger partial charge in [-0.2, -0.15) is 0 Å². The third-order valence-corrected chi connectivity index (χ3v) is 5.00. The summed E-state index contributed by atoms with van der Waals surface area (Å²) in [5.74, 6) is 0.351. The molecule has 1 aromatic heterocycles. The topological polar surface area (TPSA) is 54.6 Å². The molecule has 1 saturated heterocycles. The van der Waals surface area contributed by atoms with Crippen LogP contribution in [0.15, 0.2) is 75.0 Å². The van der Waals surface area contributed by atoms with Crippen LogP contribution in [0.2, 0.25) is 5.02 Å². The Morgan fingerprint density at radius 3 is 2.67 bits per heavy atom. The molecule has 27 heavy (non-hydrogen) atoms. The van der Waals surface area contributed by atoms with Gasteiger partial charge >= 0.3 is 0 Å². The molecule has 3 aromatic rings. The number of furan rings is 1. The maximum absolute atomic E-state index is 13.7. The number of amides is 1. The van der Waals surface area contributed by atoms with Gasteiger partial charge in [-0.15, -0.1) is 0 Å². The van der Waals surface area contributed by atoms with Crippen molar-refractivity contribution in [2.75, 3.05) is 0 Å². The molecule has 1 aliphatic heterocycles. The number of benzene rings is 2. The van der Waals surface area contributed by atoms with Gasteiger partial charge in [-0.05, 0) is 48.2 Å². The van der Waals surface area contributed by atoms with Gasteiger partial charge in [0.1, 0.15) is 23.0 Å². The smallest absolute Gasteiger partial charge is 0.264 e. The van der Waals surface area contributed by atoms with E-state index in [1.165, 1.54) is 6.07 Å². The number of halogens is 2. The summed E-state index contributed by atoms with van der Waals surface area (Å²) >= 11 is 7.30. The minimum absolute atomic E-state index is 0.167. The van der Waals surface area contributed by atoms with E-state index in [0.29, 0.717) is 26.6 Å². The van der Waals surface area contributed by atoms with Crippen LogP contribution in [0, 0.1) is 5.82 Å². The van der Waals surface area contributed by atoms with E-state index < -0.39 is 5.82 Å². The highest BCUT2D eigenvalue weighted by molar-refractivity contribution is 8.18. The largest absolute Gasteiger partial charge is 0.457 e. The Morgan fingerprint density at radius 1 is 1.07 bits per heavy atom. The van der Waals surface area contributed by atoms with Crippen LogP contribution in [0.1, 0.15) is 5.76 Å². The lowest BCUT2D eigenvalue weighted by atomic mass is 10.2. The molecular formula is C20H12ClFN2O2S. The molecule has 0 aliphatic carbocycles. The molecule has 0 spiro atoms. The molecular weight excluding hydrogens is 387 g/mol. The Labute approximate surface area is 163 Å². The van der Waals surface area contributed by atoms with Crippen molar-refractivity contribution in [3.63, 3.8) is 0 Å². The van der Waals surface area contributed by atoms with Gasteiger partial charge in [0, 0.05) is 11.6 Å². The van der Waals surface area contributed by atoms with Gasteiger partial charge in [0.05, 0.1) is 9.93 Å². The molecule has 0 radical (unpaired) electrons. The van der Waals surface area contributed by atoms with E-state index in [9.17, 15) is 9.18 Å². The van der Waals surface area contributed by atoms with Gasteiger partial charge in [0.25, 0.3) is 5.91 Å². The minimum atomic E-state index is -0.451. The zero-order valence-electron chi connectivity index (χ0n) is 13.8. The molecule has 1 aliphatic rings. The second kappa shape index (κ2) is 7.42. The van der Waals surface area contributed by atoms with Crippen molar-refractivity contribution in [2.45, 2.75) is 0 Å². The average molecular weight is 399 g/mol. The Morgan fingerprint density at radius 2 is 1.85 bits per heavy atom. The Balaban J connectivity index is 1.58. The normalized spacial score (nSPS) is 16.9. The fourth-order valence-corrected chi connectivity index (χ4v) is 3.54. The van der Waals surface area contributed by atoms with E-state index in [2.05, 4.69) is 10.3 Å². The van der Waals surface area contributed by atoms with Crippen molar-refractivity contribution in [2.24, 2.45) is 4.99 Å². The number of amidine groups is 1. The van der Waals surface area contributed by atoms with Crippen molar-refractivity contribution in [3.8, 4) is 11.3 Å². The van der Waals surface area contributed by atoms with Crippen LogP contribution in [-0.2, 0) is 4.79 Å². The van der Waals surface area contributed by atoms with Crippen molar-refractivity contribution in [1.29, 1.82) is 0 Å². The van der Waals surface area contributed by atoms with Crippen molar-refractivity contribution in [3.05, 3.63) is 82.2 Å². The molecule has 7 heteroatoms. The standard InChI is InChI=1S/C20H12ClFN2O2S/c21-14-6-2-1-5-13(14)17-10-9-12(26-17)11-18-19(25)24-20(27-18)23-16-8-4-3-7-15(16)22/h1-11H,(H,23,24,25)/b18-11+. The van der Waals surface area contributed by atoms with Crippen molar-refractivity contribution >= 4 is 46.2 Å². The number of para-hydroxylation sites is 1. The van der Waals surface area contributed by atoms with E-state index in [0.717, 1.165) is 17.3 Å². The first kappa shape index (κ1) is 17.6. The third-order valence-electron chi connectivity index (χ3n) is 3.76. The number of hydrogen-bond acceptors (Lipinski definition) is 4. The Bertz CT molecular complexity index is 1090. The van der Waals surface area contributed by atoms with Gasteiger partial charge < -0.3 is 9.73 Å². The maximum atomic E-state index is 13.7. The summed E-state index contributed by atoms with van der Waals surface area (Å²) in [6, 6.07) is 17.0. The molecule has 2 heterocycles. The summed E-state index contributed by atoms with van der Waals surface area (Å²) in [5, 5.41) is 3.52.